The number of aliphatic hydroxyl groups is 1. The van der Waals surface area contributed by atoms with Crippen molar-refractivity contribution in [1.82, 2.24) is 4.72 Å². The van der Waals surface area contributed by atoms with Crippen molar-refractivity contribution in [2.24, 2.45) is 0 Å². The number of rotatable bonds is 4. The highest BCUT2D eigenvalue weighted by Gasteiger charge is 2.16. The van der Waals surface area contributed by atoms with Gasteiger partial charge in [0.05, 0.1) is 11.0 Å². The van der Waals surface area contributed by atoms with Crippen molar-refractivity contribution >= 4 is 10.0 Å². The Morgan fingerprint density at radius 2 is 2.00 bits per heavy atom. The summed E-state index contributed by atoms with van der Waals surface area (Å²) in [6, 6.07) is 6.66. The molecular weight excluding hydrogens is 214 g/mol. The second kappa shape index (κ2) is 4.74. The molecule has 0 spiro atoms. The summed E-state index contributed by atoms with van der Waals surface area (Å²) in [6.07, 6.45) is -0.227. The van der Waals surface area contributed by atoms with E-state index in [1.165, 1.54) is 13.1 Å². The van der Waals surface area contributed by atoms with E-state index >= 15 is 0 Å². The number of nitrogens with one attached hydrogen (secondary N) is 1. The van der Waals surface area contributed by atoms with Gasteiger partial charge in [-0.1, -0.05) is 18.2 Å². The fourth-order valence-electron chi connectivity index (χ4n) is 1.36. The summed E-state index contributed by atoms with van der Waals surface area (Å²) in [5, 5.41) is 9.25. The van der Waals surface area contributed by atoms with E-state index < -0.39 is 16.1 Å². The fourth-order valence-corrected chi connectivity index (χ4v) is 2.34. The maximum Gasteiger partial charge on any atom is 0.240 e. The first kappa shape index (κ1) is 12.2. The topological polar surface area (TPSA) is 66.4 Å². The summed E-state index contributed by atoms with van der Waals surface area (Å²) in [6.45, 7) is 1.63. The van der Waals surface area contributed by atoms with Gasteiger partial charge in [0, 0.05) is 0 Å². The molecular formula is C10H15NO3S. The lowest BCUT2D eigenvalue weighted by Crippen LogP contribution is -2.21. The Kier molecular flexibility index (Phi) is 3.84. The zero-order valence-electron chi connectivity index (χ0n) is 8.77. The van der Waals surface area contributed by atoms with Crippen molar-refractivity contribution in [2.45, 2.75) is 24.3 Å². The van der Waals surface area contributed by atoms with Crippen LogP contribution >= 0.6 is 0 Å². The zero-order chi connectivity index (χ0) is 11.5. The highest BCUT2D eigenvalue weighted by molar-refractivity contribution is 7.89. The molecule has 1 rings (SSSR count). The molecule has 5 heteroatoms. The molecule has 0 aliphatic carbocycles. The van der Waals surface area contributed by atoms with Gasteiger partial charge >= 0.3 is 0 Å². The Bertz CT molecular complexity index is 426. The van der Waals surface area contributed by atoms with Crippen molar-refractivity contribution in [3.05, 3.63) is 29.8 Å². The number of hydrogen-bond donors (Lipinski definition) is 2. The lowest BCUT2D eigenvalue weighted by atomic mass is 10.1. The molecule has 15 heavy (non-hydrogen) atoms. The van der Waals surface area contributed by atoms with Crippen LogP contribution in [0, 0.1) is 0 Å². The molecule has 1 unspecified atom stereocenters. The number of benzene rings is 1. The normalized spacial score (nSPS) is 13.8. The molecule has 84 valence electrons. The van der Waals surface area contributed by atoms with Crippen LogP contribution in [0.1, 0.15) is 12.5 Å². The van der Waals surface area contributed by atoms with Gasteiger partial charge in [0.1, 0.15) is 0 Å². The molecule has 1 atom stereocenters. The van der Waals surface area contributed by atoms with E-state index in [2.05, 4.69) is 4.72 Å². The standard InChI is InChI=1S/C10H15NO3S/c1-8(12)7-9-5-3-4-6-10(9)15(13,14)11-2/h3-6,8,11-12H,7H2,1-2H3. The van der Waals surface area contributed by atoms with Crippen molar-refractivity contribution in [1.29, 1.82) is 0 Å². The van der Waals surface area contributed by atoms with Gasteiger partial charge < -0.3 is 5.11 Å². The van der Waals surface area contributed by atoms with Crippen LogP contribution in [-0.4, -0.2) is 26.7 Å². The van der Waals surface area contributed by atoms with E-state index in [0.29, 0.717) is 12.0 Å². The van der Waals surface area contributed by atoms with Crippen LogP contribution in [0.2, 0.25) is 0 Å². The zero-order valence-corrected chi connectivity index (χ0v) is 9.58. The molecule has 0 aliphatic rings. The lowest BCUT2D eigenvalue weighted by Gasteiger charge is -2.10. The first-order chi connectivity index (χ1) is 6.97. The second-order valence-electron chi connectivity index (χ2n) is 3.37. The highest BCUT2D eigenvalue weighted by Crippen LogP contribution is 2.16. The van der Waals surface area contributed by atoms with Crippen LogP contribution in [0.15, 0.2) is 29.2 Å². The van der Waals surface area contributed by atoms with Crippen LogP contribution in [0.4, 0.5) is 0 Å². The molecule has 4 nitrogen and oxygen atoms in total. The van der Waals surface area contributed by atoms with E-state index in [4.69, 9.17) is 0 Å². The first-order valence-electron chi connectivity index (χ1n) is 4.67. The molecule has 0 fully saturated rings. The SMILES string of the molecule is CNS(=O)(=O)c1ccccc1CC(C)O. The van der Waals surface area contributed by atoms with Crippen molar-refractivity contribution < 1.29 is 13.5 Å². The molecule has 0 heterocycles. The molecule has 0 aliphatic heterocycles. The van der Waals surface area contributed by atoms with E-state index in [1.807, 2.05) is 0 Å². The predicted octanol–water partition coefficient (Wildman–Crippen LogP) is 0.518. The molecule has 0 aromatic heterocycles. The molecule has 1 aromatic carbocycles. The lowest BCUT2D eigenvalue weighted by molar-refractivity contribution is 0.194. The Balaban J connectivity index is 3.18. The number of hydrogen-bond acceptors (Lipinski definition) is 3. The minimum absolute atomic E-state index is 0.230. The quantitative estimate of drug-likeness (QED) is 0.791. The summed E-state index contributed by atoms with van der Waals surface area (Å²) >= 11 is 0. The first-order valence-corrected chi connectivity index (χ1v) is 6.15. The minimum atomic E-state index is -3.44. The van der Waals surface area contributed by atoms with E-state index in [9.17, 15) is 13.5 Å². The average molecular weight is 229 g/mol. The Labute approximate surface area is 90.0 Å². The summed E-state index contributed by atoms with van der Waals surface area (Å²) in [7, 11) is -2.07. The van der Waals surface area contributed by atoms with Crippen molar-refractivity contribution in [3.8, 4) is 0 Å². The van der Waals surface area contributed by atoms with Crippen molar-refractivity contribution in [3.63, 3.8) is 0 Å². The largest absolute Gasteiger partial charge is 0.393 e. The summed E-state index contributed by atoms with van der Waals surface area (Å²) in [4.78, 5) is 0.230. The molecule has 2 N–H and O–H groups in total. The number of aliphatic hydroxyl groups excluding tert-OH is 1. The van der Waals surface area contributed by atoms with E-state index in [1.54, 1.807) is 25.1 Å². The van der Waals surface area contributed by atoms with Crippen LogP contribution < -0.4 is 4.72 Å². The fraction of sp³-hybridized carbons (Fsp3) is 0.400. The Hall–Kier alpha value is -0.910. The minimum Gasteiger partial charge on any atom is -0.393 e. The van der Waals surface area contributed by atoms with Gasteiger partial charge in [-0.05, 0) is 32.0 Å². The Morgan fingerprint density at radius 1 is 1.40 bits per heavy atom. The maximum absolute atomic E-state index is 11.6. The third-order valence-corrected chi connectivity index (χ3v) is 3.56. The van der Waals surface area contributed by atoms with Gasteiger partial charge in [0.25, 0.3) is 0 Å². The highest BCUT2D eigenvalue weighted by atomic mass is 32.2. The van der Waals surface area contributed by atoms with Crippen LogP contribution in [0.3, 0.4) is 0 Å². The van der Waals surface area contributed by atoms with Gasteiger partial charge in [0.15, 0.2) is 0 Å². The summed E-state index contributed by atoms with van der Waals surface area (Å²) in [5.74, 6) is 0. The monoisotopic (exact) mass is 229 g/mol. The Morgan fingerprint density at radius 3 is 2.53 bits per heavy atom. The van der Waals surface area contributed by atoms with Crippen molar-refractivity contribution in [2.75, 3.05) is 7.05 Å². The molecule has 0 radical (unpaired) electrons. The smallest absolute Gasteiger partial charge is 0.240 e. The molecule has 0 saturated heterocycles. The molecule has 0 saturated carbocycles. The average Bonchev–Trinajstić information content (AvgIpc) is 2.17. The predicted molar refractivity (Wildman–Crippen MR) is 58.1 cm³/mol. The third-order valence-electron chi connectivity index (χ3n) is 2.05. The van der Waals surface area contributed by atoms with Gasteiger partial charge in [-0.15, -0.1) is 0 Å². The van der Waals surface area contributed by atoms with Gasteiger partial charge in [-0.2, -0.15) is 0 Å². The molecule has 0 amide bonds. The molecule has 0 bridgehead atoms. The van der Waals surface area contributed by atoms with Crippen LogP contribution in [0.5, 0.6) is 0 Å². The third kappa shape index (κ3) is 3.02. The molecule has 1 aromatic rings. The maximum atomic E-state index is 11.6. The van der Waals surface area contributed by atoms with E-state index in [0.717, 1.165) is 0 Å². The van der Waals surface area contributed by atoms with E-state index in [-0.39, 0.29) is 4.90 Å². The number of sulfonamides is 1. The van der Waals surface area contributed by atoms with Crippen LogP contribution in [-0.2, 0) is 16.4 Å². The second-order valence-corrected chi connectivity index (χ2v) is 5.22. The summed E-state index contributed by atoms with van der Waals surface area (Å²) < 4.78 is 25.5. The van der Waals surface area contributed by atoms with Gasteiger partial charge in [0.2, 0.25) is 10.0 Å². The van der Waals surface area contributed by atoms with Gasteiger partial charge in [-0.3, -0.25) is 0 Å². The van der Waals surface area contributed by atoms with Gasteiger partial charge in [-0.25, -0.2) is 13.1 Å². The van der Waals surface area contributed by atoms with Crippen LogP contribution in [0.25, 0.3) is 0 Å². The summed E-state index contributed by atoms with van der Waals surface area (Å²) in [5.41, 5.74) is 0.627.